The molecule has 0 aliphatic carbocycles. The van der Waals surface area contributed by atoms with Gasteiger partial charge in [-0.15, -0.1) is 0 Å². The number of hydrogen-bond acceptors (Lipinski definition) is 4. The summed E-state index contributed by atoms with van der Waals surface area (Å²) in [5.74, 6) is 1.32. The Balaban J connectivity index is 1.72. The van der Waals surface area contributed by atoms with Crippen molar-refractivity contribution in [3.63, 3.8) is 0 Å². The average molecular weight is 354 g/mol. The molecule has 3 rings (SSSR count). The molecule has 1 amide bonds. The summed E-state index contributed by atoms with van der Waals surface area (Å²) in [7, 11) is 3.19. The minimum Gasteiger partial charge on any atom is -0.497 e. The van der Waals surface area contributed by atoms with Crippen molar-refractivity contribution in [1.29, 1.82) is 0 Å². The van der Waals surface area contributed by atoms with E-state index in [4.69, 9.17) is 9.47 Å². The van der Waals surface area contributed by atoms with E-state index in [1.807, 2.05) is 18.0 Å². The Morgan fingerprint density at radius 3 is 2.58 bits per heavy atom. The molecule has 1 aromatic carbocycles. The van der Waals surface area contributed by atoms with Crippen molar-refractivity contribution in [2.24, 2.45) is 0 Å². The largest absolute Gasteiger partial charge is 0.497 e. The first-order valence-electron chi connectivity index (χ1n) is 9.06. The normalized spacial score (nSPS) is 16.6. The summed E-state index contributed by atoms with van der Waals surface area (Å²) in [5, 5.41) is 0. The van der Waals surface area contributed by atoms with Crippen LogP contribution >= 0.6 is 0 Å². The summed E-state index contributed by atoms with van der Waals surface area (Å²) in [6, 6.07) is 9.80. The van der Waals surface area contributed by atoms with Crippen LogP contribution in [-0.2, 0) is 6.42 Å². The third-order valence-corrected chi connectivity index (χ3v) is 4.96. The molecule has 0 bridgehead atoms. The fraction of sp³-hybridized carbons (Fsp3) is 0.429. The van der Waals surface area contributed by atoms with Crippen LogP contribution in [0.2, 0.25) is 0 Å². The summed E-state index contributed by atoms with van der Waals surface area (Å²) < 4.78 is 10.6. The van der Waals surface area contributed by atoms with Crippen molar-refractivity contribution in [2.45, 2.75) is 38.6 Å². The fourth-order valence-electron chi connectivity index (χ4n) is 3.59. The second-order valence-corrected chi connectivity index (χ2v) is 6.74. The van der Waals surface area contributed by atoms with Gasteiger partial charge in [-0.3, -0.25) is 9.78 Å². The first-order valence-corrected chi connectivity index (χ1v) is 9.06. The van der Waals surface area contributed by atoms with Gasteiger partial charge in [-0.25, -0.2) is 0 Å². The molecule has 2 heterocycles. The quantitative estimate of drug-likeness (QED) is 0.795. The number of benzene rings is 1. The lowest BCUT2D eigenvalue weighted by Crippen LogP contribution is -2.35. The summed E-state index contributed by atoms with van der Waals surface area (Å²) in [5.41, 5.74) is 2.93. The van der Waals surface area contributed by atoms with Gasteiger partial charge in [0, 0.05) is 36.1 Å². The maximum atomic E-state index is 13.1. The third kappa shape index (κ3) is 4.15. The molecule has 1 aromatic heterocycles. The lowest BCUT2D eigenvalue weighted by Gasteiger charge is -2.25. The fourth-order valence-corrected chi connectivity index (χ4v) is 3.59. The molecule has 5 heteroatoms. The first kappa shape index (κ1) is 18.2. The van der Waals surface area contributed by atoms with Crippen molar-refractivity contribution >= 4 is 5.91 Å². The van der Waals surface area contributed by atoms with Gasteiger partial charge in [-0.05, 0) is 62.4 Å². The van der Waals surface area contributed by atoms with E-state index in [2.05, 4.69) is 17.1 Å². The number of methoxy groups -OCH3 is 2. The number of carbonyl (C=O) groups is 1. The molecular weight excluding hydrogens is 328 g/mol. The molecule has 1 aliphatic heterocycles. The highest BCUT2D eigenvalue weighted by atomic mass is 16.5. The van der Waals surface area contributed by atoms with Crippen molar-refractivity contribution in [2.75, 3.05) is 20.8 Å². The van der Waals surface area contributed by atoms with Crippen LogP contribution in [0.5, 0.6) is 11.5 Å². The van der Waals surface area contributed by atoms with E-state index in [0.29, 0.717) is 17.1 Å². The standard InChI is InChI=1S/C21H26N2O3/c1-15-11-16(8-9-22-15)6-7-18-5-4-10-23(18)21(24)17-12-19(25-2)14-20(13-17)26-3/h8-9,11-14,18H,4-7,10H2,1-3H3/t18-/m1/s1. The van der Waals surface area contributed by atoms with Gasteiger partial charge in [0.25, 0.3) is 5.91 Å². The molecule has 138 valence electrons. The smallest absolute Gasteiger partial charge is 0.254 e. The van der Waals surface area contributed by atoms with Gasteiger partial charge in [-0.1, -0.05) is 0 Å². The molecule has 0 spiro atoms. The highest BCUT2D eigenvalue weighted by Gasteiger charge is 2.29. The molecule has 1 aliphatic rings. The van der Waals surface area contributed by atoms with E-state index in [1.54, 1.807) is 32.4 Å². The maximum Gasteiger partial charge on any atom is 0.254 e. The molecule has 0 radical (unpaired) electrons. The molecular formula is C21H26N2O3. The third-order valence-electron chi connectivity index (χ3n) is 4.96. The Morgan fingerprint density at radius 1 is 1.19 bits per heavy atom. The zero-order chi connectivity index (χ0) is 18.5. The molecule has 0 N–H and O–H groups in total. The van der Waals surface area contributed by atoms with Gasteiger partial charge in [0.05, 0.1) is 14.2 Å². The Kier molecular flexibility index (Phi) is 5.76. The number of likely N-dealkylation sites (tertiary alicyclic amines) is 1. The summed E-state index contributed by atoms with van der Waals surface area (Å²) in [4.78, 5) is 19.3. The number of rotatable bonds is 6. The number of aryl methyl sites for hydroxylation is 2. The Morgan fingerprint density at radius 2 is 1.92 bits per heavy atom. The van der Waals surface area contributed by atoms with Gasteiger partial charge >= 0.3 is 0 Å². The zero-order valence-corrected chi connectivity index (χ0v) is 15.7. The van der Waals surface area contributed by atoms with Crippen LogP contribution in [0.25, 0.3) is 0 Å². The molecule has 5 nitrogen and oxygen atoms in total. The van der Waals surface area contributed by atoms with Crippen molar-refractivity contribution in [3.8, 4) is 11.5 Å². The second kappa shape index (κ2) is 8.21. The van der Waals surface area contributed by atoms with Gasteiger partial charge in [0.15, 0.2) is 0 Å². The van der Waals surface area contributed by atoms with Gasteiger partial charge in [0.1, 0.15) is 11.5 Å². The van der Waals surface area contributed by atoms with E-state index >= 15 is 0 Å². The summed E-state index contributed by atoms with van der Waals surface area (Å²) in [6.07, 6.45) is 5.88. The number of aromatic nitrogens is 1. The molecule has 2 aromatic rings. The minimum atomic E-state index is 0.0515. The van der Waals surface area contributed by atoms with Gasteiger partial charge in [-0.2, -0.15) is 0 Å². The monoisotopic (exact) mass is 354 g/mol. The zero-order valence-electron chi connectivity index (χ0n) is 15.7. The van der Waals surface area contributed by atoms with Crippen molar-refractivity contribution in [1.82, 2.24) is 9.88 Å². The Bertz CT molecular complexity index is 753. The minimum absolute atomic E-state index is 0.0515. The van der Waals surface area contributed by atoms with E-state index in [-0.39, 0.29) is 11.9 Å². The predicted molar refractivity (Wildman–Crippen MR) is 101 cm³/mol. The number of carbonyl (C=O) groups excluding carboxylic acids is 1. The molecule has 0 unspecified atom stereocenters. The van der Waals surface area contributed by atoms with Crippen LogP contribution in [0.15, 0.2) is 36.5 Å². The average Bonchev–Trinajstić information content (AvgIpc) is 3.14. The Hall–Kier alpha value is -2.56. The molecule has 1 fully saturated rings. The Labute approximate surface area is 155 Å². The second-order valence-electron chi connectivity index (χ2n) is 6.74. The summed E-state index contributed by atoms with van der Waals surface area (Å²) >= 11 is 0. The van der Waals surface area contributed by atoms with Crippen LogP contribution < -0.4 is 9.47 Å². The SMILES string of the molecule is COc1cc(OC)cc(C(=O)N2CCC[C@@H]2CCc2ccnc(C)c2)c1. The van der Waals surface area contributed by atoms with E-state index < -0.39 is 0 Å². The van der Waals surface area contributed by atoms with E-state index in [1.165, 1.54) is 5.56 Å². The number of pyridine rings is 1. The summed E-state index contributed by atoms with van der Waals surface area (Å²) in [6.45, 7) is 2.81. The number of ether oxygens (including phenoxy) is 2. The lowest BCUT2D eigenvalue weighted by atomic mass is 10.0. The van der Waals surface area contributed by atoms with Crippen LogP contribution in [0.3, 0.4) is 0 Å². The first-order chi connectivity index (χ1) is 12.6. The van der Waals surface area contributed by atoms with E-state index in [9.17, 15) is 4.79 Å². The van der Waals surface area contributed by atoms with Crippen LogP contribution in [0.4, 0.5) is 0 Å². The highest BCUT2D eigenvalue weighted by molar-refractivity contribution is 5.95. The lowest BCUT2D eigenvalue weighted by molar-refractivity contribution is 0.0730. The number of hydrogen-bond donors (Lipinski definition) is 0. The van der Waals surface area contributed by atoms with E-state index in [0.717, 1.165) is 37.9 Å². The highest BCUT2D eigenvalue weighted by Crippen LogP contribution is 2.28. The predicted octanol–water partition coefficient (Wildman–Crippen LogP) is 3.64. The topological polar surface area (TPSA) is 51.7 Å². The molecule has 26 heavy (non-hydrogen) atoms. The van der Waals surface area contributed by atoms with Crippen LogP contribution in [-0.4, -0.2) is 42.6 Å². The van der Waals surface area contributed by atoms with Gasteiger partial charge in [0.2, 0.25) is 0 Å². The van der Waals surface area contributed by atoms with Crippen LogP contribution in [0.1, 0.15) is 40.9 Å². The number of amides is 1. The van der Waals surface area contributed by atoms with Crippen molar-refractivity contribution in [3.05, 3.63) is 53.3 Å². The maximum absolute atomic E-state index is 13.1. The molecule has 1 saturated heterocycles. The number of nitrogens with zero attached hydrogens (tertiary/aromatic N) is 2. The van der Waals surface area contributed by atoms with Crippen molar-refractivity contribution < 1.29 is 14.3 Å². The molecule has 0 saturated carbocycles. The molecule has 1 atom stereocenters. The van der Waals surface area contributed by atoms with Crippen LogP contribution in [0, 0.1) is 6.92 Å². The van der Waals surface area contributed by atoms with Gasteiger partial charge < -0.3 is 14.4 Å².